The minimum atomic E-state index is -1.09. The van der Waals surface area contributed by atoms with Crippen molar-refractivity contribution in [3.63, 3.8) is 0 Å². The molecule has 1 heterocycles. The number of aryl methyl sites for hydroxylation is 1. The van der Waals surface area contributed by atoms with Crippen LogP contribution in [-0.4, -0.2) is 39.9 Å². The highest BCUT2D eigenvalue weighted by Crippen LogP contribution is 2.36. The van der Waals surface area contributed by atoms with Crippen LogP contribution >= 0.6 is 0 Å². The van der Waals surface area contributed by atoms with Crippen molar-refractivity contribution in [1.29, 1.82) is 0 Å². The molecular formula is C17H20N2O4. The van der Waals surface area contributed by atoms with Crippen molar-refractivity contribution in [2.24, 2.45) is 5.92 Å². The molecule has 122 valence electrons. The summed E-state index contributed by atoms with van der Waals surface area (Å²) in [6, 6.07) is 7.92. The Morgan fingerprint density at radius 1 is 1.30 bits per heavy atom. The Morgan fingerprint density at radius 2 is 1.96 bits per heavy atom. The van der Waals surface area contributed by atoms with E-state index in [1.807, 2.05) is 31.2 Å². The number of hydrogen-bond donors (Lipinski definition) is 2. The number of carboxylic acid groups (broad SMARTS) is 1. The maximum Gasteiger partial charge on any atom is 0.329 e. The molecule has 0 aromatic heterocycles. The molecule has 0 unspecified atom stereocenters. The summed E-state index contributed by atoms with van der Waals surface area (Å²) in [6.45, 7) is 2.82. The van der Waals surface area contributed by atoms with Gasteiger partial charge in [0.25, 0.3) is 0 Å². The predicted octanol–water partition coefficient (Wildman–Crippen LogP) is 1.08. The van der Waals surface area contributed by atoms with E-state index in [4.69, 9.17) is 5.11 Å². The average molecular weight is 316 g/mol. The number of aliphatic carboxylic acids is 1. The lowest BCUT2D eigenvalue weighted by Crippen LogP contribution is -2.46. The minimum Gasteiger partial charge on any atom is -0.480 e. The second-order valence-corrected chi connectivity index (χ2v) is 6.54. The third kappa shape index (κ3) is 3.21. The van der Waals surface area contributed by atoms with E-state index >= 15 is 0 Å². The summed E-state index contributed by atoms with van der Waals surface area (Å²) in [5.41, 5.74) is 1.08. The first-order valence-corrected chi connectivity index (χ1v) is 7.78. The highest BCUT2D eigenvalue weighted by atomic mass is 16.4. The Hall–Kier alpha value is -2.37. The third-order valence-corrected chi connectivity index (χ3v) is 4.60. The van der Waals surface area contributed by atoms with E-state index in [2.05, 4.69) is 5.32 Å². The van der Waals surface area contributed by atoms with Gasteiger partial charge in [-0.1, -0.05) is 29.8 Å². The first-order chi connectivity index (χ1) is 10.9. The number of nitrogens with one attached hydrogen (secondary N) is 1. The van der Waals surface area contributed by atoms with Crippen LogP contribution in [0.3, 0.4) is 0 Å². The maximum absolute atomic E-state index is 12.2. The van der Waals surface area contributed by atoms with Gasteiger partial charge in [0.05, 0.1) is 5.92 Å². The fourth-order valence-corrected chi connectivity index (χ4v) is 2.87. The van der Waals surface area contributed by atoms with Gasteiger partial charge in [-0.25, -0.2) is 4.79 Å². The smallest absolute Gasteiger partial charge is 0.329 e. The van der Waals surface area contributed by atoms with Gasteiger partial charge in [-0.15, -0.1) is 0 Å². The zero-order valence-electron chi connectivity index (χ0n) is 13.0. The van der Waals surface area contributed by atoms with Crippen molar-refractivity contribution in [3.8, 4) is 0 Å². The van der Waals surface area contributed by atoms with Gasteiger partial charge in [0.1, 0.15) is 5.54 Å². The molecule has 0 radical (unpaired) electrons. The monoisotopic (exact) mass is 316 g/mol. The summed E-state index contributed by atoms with van der Waals surface area (Å²) in [6.07, 6.45) is 1.07. The molecule has 0 spiro atoms. The van der Waals surface area contributed by atoms with Crippen molar-refractivity contribution in [2.75, 3.05) is 6.54 Å². The Labute approximate surface area is 134 Å². The number of carbonyl (C=O) groups excluding carboxylic acids is 2. The van der Waals surface area contributed by atoms with Crippen molar-refractivity contribution in [1.82, 2.24) is 10.2 Å². The molecule has 23 heavy (non-hydrogen) atoms. The van der Waals surface area contributed by atoms with Gasteiger partial charge in [0.2, 0.25) is 11.8 Å². The molecule has 2 amide bonds. The Bertz CT molecular complexity index is 649. The van der Waals surface area contributed by atoms with E-state index in [0.29, 0.717) is 25.9 Å². The van der Waals surface area contributed by atoms with Crippen LogP contribution in [0.5, 0.6) is 0 Å². The van der Waals surface area contributed by atoms with Gasteiger partial charge in [-0.05, 0) is 25.3 Å². The Morgan fingerprint density at radius 3 is 2.52 bits per heavy atom. The van der Waals surface area contributed by atoms with E-state index in [1.54, 1.807) is 4.90 Å². The highest BCUT2D eigenvalue weighted by Gasteiger charge is 2.52. The second kappa shape index (κ2) is 5.68. The molecule has 2 aliphatic rings. The van der Waals surface area contributed by atoms with E-state index in [9.17, 15) is 14.4 Å². The van der Waals surface area contributed by atoms with E-state index in [-0.39, 0.29) is 18.2 Å². The largest absolute Gasteiger partial charge is 0.480 e. The Balaban J connectivity index is 1.60. The van der Waals surface area contributed by atoms with Crippen LogP contribution in [0, 0.1) is 12.8 Å². The molecule has 1 atom stereocenters. The SMILES string of the molecule is Cc1ccc(CN2C[C@@H](C(=O)NC3(C(=O)O)CC3)CC2=O)cc1. The molecule has 1 aliphatic carbocycles. The number of rotatable bonds is 5. The van der Waals surface area contributed by atoms with Crippen LogP contribution in [0.4, 0.5) is 0 Å². The van der Waals surface area contributed by atoms with Gasteiger partial charge in [0.15, 0.2) is 0 Å². The first-order valence-electron chi connectivity index (χ1n) is 7.78. The number of carbonyl (C=O) groups is 3. The van der Waals surface area contributed by atoms with E-state index in [1.165, 1.54) is 0 Å². The fourth-order valence-electron chi connectivity index (χ4n) is 2.87. The number of carboxylic acids is 1. The highest BCUT2D eigenvalue weighted by molar-refractivity contribution is 5.94. The average Bonchev–Trinajstić information content (AvgIpc) is 3.20. The van der Waals surface area contributed by atoms with Crippen molar-refractivity contribution >= 4 is 17.8 Å². The number of hydrogen-bond acceptors (Lipinski definition) is 3. The number of benzene rings is 1. The van der Waals surface area contributed by atoms with Gasteiger partial charge >= 0.3 is 5.97 Å². The molecule has 1 saturated heterocycles. The summed E-state index contributed by atoms with van der Waals surface area (Å²) in [5.74, 6) is -1.85. The van der Waals surface area contributed by atoms with Gasteiger partial charge in [0, 0.05) is 19.5 Å². The van der Waals surface area contributed by atoms with Crippen molar-refractivity contribution < 1.29 is 19.5 Å². The summed E-state index contributed by atoms with van der Waals surface area (Å²) < 4.78 is 0. The molecule has 6 heteroatoms. The third-order valence-electron chi connectivity index (χ3n) is 4.60. The number of nitrogens with zero attached hydrogens (tertiary/aromatic N) is 1. The van der Waals surface area contributed by atoms with Gasteiger partial charge < -0.3 is 15.3 Å². The van der Waals surface area contributed by atoms with Crippen molar-refractivity contribution in [3.05, 3.63) is 35.4 Å². The molecular weight excluding hydrogens is 296 g/mol. The maximum atomic E-state index is 12.2. The van der Waals surface area contributed by atoms with E-state index in [0.717, 1.165) is 11.1 Å². The minimum absolute atomic E-state index is 0.0640. The summed E-state index contributed by atoms with van der Waals surface area (Å²) in [4.78, 5) is 37.1. The molecule has 0 bridgehead atoms. The van der Waals surface area contributed by atoms with Crippen LogP contribution in [0.2, 0.25) is 0 Å². The quantitative estimate of drug-likeness (QED) is 0.851. The van der Waals surface area contributed by atoms with Crippen LogP contribution in [-0.2, 0) is 20.9 Å². The molecule has 6 nitrogen and oxygen atoms in total. The standard InChI is InChI=1S/C17H20N2O4/c1-11-2-4-12(5-3-11)9-19-10-13(8-14(19)20)15(21)18-17(6-7-17)16(22)23/h2-5,13H,6-10H2,1H3,(H,18,21)(H,22,23)/t13-/m0/s1. The van der Waals surface area contributed by atoms with E-state index < -0.39 is 17.4 Å². The number of amides is 2. The lowest BCUT2D eigenvalue weighted by molar-refractivity contribution is -0.143. The molecule has 2 fully saturated rings. The second-order valence-electron chi connectivity index (χ2n) is 6.54. The summed E-state index contributed by atoms with van der Waals surface area (Å²) in [7, 11) is 0. The van der Waals surface area contributed by atoms with Gasteiger partial charge in [-0.2, -0.15) is 0 Å². The van der Waals surface area contributed by atoms with Crippen molar-refractivity contribution in [2.45, 2.75) is 38.3 Å². The summed E-state index contributed by atoms with van der Waals surface area (Å²) in [5, 5.41) is 11.7. The van der Waals surface area contributed by atoms with Crippen LogP contribution in [0.25, 0.3) is 0 Å². The first kappa shape index (κ1) is 15.5. The topological polar surface area (TPSA) is 86.7 Å². The van der Waals surface area contributed by atoms with Crippen LogP contribution < -0.4 is 5.32 Å². The van der Waals surface area contributed by atoms with Crippen LogP contribution in [0.15, 0.2) is 24.3 Å². The molecule has 1 aromatic carbocycles. The zero-order chi connectivity index (χ0) is 16.6. The zero-order valence-corrected chi connectivity index (χ0v) is 13.0. The number of likely N-dealkylation sites (tertiary alicyclic amines) is 1. The lowest BCUT2D eigenvalue weighted by Gasteiger charge is -2.18. The lowest BCUT2D eigenvalue weighted by atomic mass is 10.1. The predicted molar refractivity (Wildman–Crippen MR) is 82.4 cm³/mol. The summed E-state index contributed by atoms with van der Waals surface area (Å²) >= 11 is 0. The molecule has 1 aliphatic heterocycles. The molecule has 3 rings (SSSR count). The fraction of sp³-hybridized carbons (Fsp3) is 0.471. The Kier molecular flexibility index (Phi) is 3.83. The molecule has 1 saturated carbocycles. The van der Waals surface area contributed by atoms with Gasteiger partial charge in [-0.3, -0.25) is 9.59 Å². The normalized spacial score (nSPS) is 22.0. The molecule has 1 aromatic rings. The molecule has 2 N–H and O–H groups in total. The van der Waals surface area contributed by atoms with Crippen LogP contribution in [0.1, 0.15) is 30.4 Å².